The van der Waals surface area contributed by atoms with Crippen molar-refractivity contribution in [2.45, 2.75) is 81.5 Å². The zero-order chi connectivity index (χ0) is 33.9. The summed E-state index contributed by atoms with van der Waals surface area (Å²) in [6.07, 6.45) is -7.62. The Kier molecular flexibility index (Phi) is 10.9. The van der Waals surface area contributed by atoms with Crippen molar-refractivity contribution < 1.29 is 58.8 Å². The summed E-state index contributed by atoms with van der Waals surface area (Å²) in [5, 5.41) is 10.2. The van der Waals surface area contributed by atoms with Crippen LogP contribution in [-0.2, 0) is 21.5 Å². The molecule has 17 heteroatoms. The Morgan fingerprint density at radius 3 is 2.22 bits per heavy atom. The number of thiazole rings is 1. The molecular formula is C29H32F8N2O5SSi. The van der Waals surface area contributed by atoms with Crippen LogP contribution in [-0.4, -0.2) is 51.5 Å². The predicted octanol–water partition coefficient (Wildman–Crippen LogP) is 7.94. The third-order valence-corrected chi connectivity index (χ3v) is 9.95. The van der Waals surface area contributed by atoms with E-state index in [0.29, 0.717) is 34.7 Å². The van der Waals surface area contributed by atoms with E-state index in [2.05, 4.69) is 14.5 Å². The average Bonchev–Trinajstić information content (AvgIpc) is 3.62. The monoisotopic (exact) mass is 700 g/mol. The quantitative estimate of drug-likeness (QED) is 0.0400. The van der Waals surface area contributed by atoms with Crippen molar-refractivity contribution in [3.05, 3.63) is 75.1 Å². The van der Waals surface area contributed by atoms with Crippen LogP contribution in [0, 0.1) is 5.21 Å². The Morgan fingerprint density at radius 1 is 1.00 bits per heavy atom. The number of aromatic nitrogens is 2. The summed E-state index contributed by atoms with van der Waals surface area (Å²) in [6.45, 7) is 1.36. The van der Waals surface area contributed by atoms with Crippen LogP contribution < -0.4 is 14.2 Å². The van der Waals surface area contributed by atoms with E-state index in [-0.39, 0.29) is 46.8 Å². The third-order valence-electron chi connectivity index (χ3n) is 7.04. The Balaban J connectivity index is 1.75. The molecule has 1 unspecified atom stereocenters. The molecule has 0 saturated heterocycles. The Morgan fingerprint density at radius 2 is 1.65 bits per heavy atom. The second kappa shape index (κ2) is 14.0. The van der Waals surface area contributed by atoms with Gasteiger partial charge in [0.05, 0.1) is 6.10 Å². The van der Waals surface area contributed by atoms with E-state index in [0.717, 1.165) is 6.20 Å². The number of nitrogens with zero attached hydrogens (tertiary/aromatic N) is 2. The van der Waals surface area contributed by atoms with Crippen LogP contribution in [0.4, 0.5) is 35.1 Å². The van der Waals surface area contributed by atoms with Gasteiger partial charge in [0.25, 0.3) is 0 Å². The molecule has 1 aliphatic rings. The van der Waals surface area contributed by atoms with E-state index in [4.69, 9.17) is 9.47 Å². The number of halogens is 8. The molecule has 2 aromatic heterocycles. The lowest BCUT2D eigenvalue weighted by atomic mass is 9.91. The van der Waals surface area contributed by atoms with Crippen LogP contribution >= 0.6 is 11.3 Å². The van der Waals surface area contributed by atoms with Gasteiger partial charge in [0.1, 0.15) is 11.8 Å². The SMILES string of the molecule is C[Si](C)(C)CCOCOC(c1ncc(C(Cc2cc[n+]([O-])cc2)c2ccc(OC(F)F)c(OC3CC3)c2)s1)(C(F)(F)F)C(F)(F)F. The molecule has 254 valence electrons. The first kappa shape index (κ1) is 35.8. The van der Waals surface area contributed by atoms with Gasteiger partial charge in [0, 0.05) is 43.8 Å². The Hall–Kier alpha value is -3.02. The molecule has 1 aromatic carbocycles. The van der Waals surface area contributed by atoms with E-state index in [1.54, 1.807) is 0 Å². The van der Waals surface area contributed by atoms with E-state index in [1.165, 1.54) is 42.7 Å². The van der Waals surface area contributed by atoms with Gasteiger partial charge in [-0.2, -0.15) is 39.9 Å². The summed E-state index contributed by atoms with van der Waals surface area (Å²) >= 11 is 0.150. The summed E-state index contributed by atoms with van der Waals surface area (Å²) < 4.78 is 133. The minimum atomic E-state index is -5.97. The topological polar surface area (TPSA) is 76.8 Å². The first-order valence-corrected chi connectivity index (χ1v) is 18.7. The van der Waals surface area contributed by atoms with Gasteiger partial charge in [0.2, 0.25) is 0 Å². The molecule has 46 heavy (non-hydrogen) atoms. The first-order valence-electron chi connectivity index (χ1n) is 14.1. The van der Waals surface area contributed by atoms with E-state index in [1.807, 2.05) is 19.6 Å². The highest BCUT2D eigenvalue weighted by Gasteiger charge is 2.75. The van der Waals surface area contributed by atoms with Crippen LogP contribution in [0.3, 0.4) is 0 Å². The molecule has 4 rings (SSSR count). The van der Waals surface area contributed by atoms with Crippen LogP contribution in [0.5, 0.6) is 11.5 Å². The predicted molar refractivity (Wildman–Crippen MR) is 154 cm³/mol. The molecule has 0 N–H and O–H groups in total. The normalized spacial score (nSPS) is 15.3. The highest BCUT2D eigenvalue weighted by atomic mass is 32.1. The van der Waals surface area contributed by atoms with Crippen LogP contribution in [0.2, 0.25) is 25.7 Å². The molecule has 0 amide bonds. The van der Waals surface area contributed by atoms with Gasteiger partial charge < -0.3 is 24.2 Å². The molecular weight excluding hydrogens is 668 g/mol. The Bertz CT molecular complexity index is 1430. The minimum absolute atomic E-state index is 0.00785. The van der Waals surface area contributed by atoms with E-state index in [9.17, 15) is 40.3 Å². The fourth-order valence-electron chi connectivity index (χ4n) is 4.40. The fourth-order valence-corrected chi connectivity index (χ4v) is 6.38. The molecule has 7 nitrogen and oxygen atoms in total. The summed E-state index contributed by atoms with van der Waals surface area (Å²) in [4.78, 5) is 3.58. The van der Waals surface area contributed by atoms with Crippen molar-refractivity contribution in [1.82, 2.24) is 4.98 Å². The van der Waals surface area contributed by atoms with E-state index >= 15 is 0 Å². The summed E-state index contributed by atoms with van der Waals surface area (Å²) in [6, 6.07) is 7.29. The molecule has 3 aromatic rings. The number of benzene rings is 1. The van der Waals surface area contributed by atoms with Crippen molar-refractivity contribution in [2.24, 2.45) is 0 Å². The zero-order valence-corrected chi connectivity index (χ0v) is 26.8. The molecule has 1 atom stereocenters. The first-order chi connectivity index (χ1) is 21.4. The van der Waals surface area contributed by atoms with Crippen LogP contribution in [0.25, 0.3) is 0 Å². The molecule has 1 saturated carbocycles. The number of alkyl halides is 8. The van der Waals surface area contributed by atoms with Crippen LogP contribution in [0.1, 0.15) is 39.8 Å². The Labute approximate surface area is 264 Å². The lowest BCUT2D eigenvalue weighted by molar-refractivity contribution is -0.605. The molecule has 2 heterocycles. The van der Waals surface area contributed by atoms with Crippen LogP contribution in [0.15, 0.2) is 48.9 Å². The second-order valence-corrected chi connectivity index (χ2v) is 18.6. The molecule has 0 aliphatic heterocycles. The standard InChI is InChI=1S/C29H32F8N2O5SSi/c1-46(2,3)13-12-41-17-42-27(28(32,33)34,29(35,36)37)25-38-16-24(45-25)21(14-18-8-10-39(40)11-9-18)19-4-7-22(44-26(30)31)23(15-19)43-20-5-6-20/h4,7-11,15-16,20-21,26H,5-6,12-14,17H2,1-3H3. The van der Waals surface area contributed by atoms with E-state index < -0.39 is 50.4 Å². The number of rotatable bonds is 15. The smallest absolute Gasteiger partial charge is 0.433 e. The van der Waals surface area contributed by atoms with Crippen molar-refractivity contribution in [3.8, 4) is 11.5 Å². The van der Waals surface area contributed by atoms with Gasteiger partial charge in [-0.1, -0.05) is 25.7 Å². The highest BCUT2D eigenvalue weighted by molar-refractivity contribution is 7.11. The number of ether oxygens (including phenoxy) is 4. The zero-order valence-electron chi connectivity index (χ0n) is 25.0. The maximum atomic E-state index is 14.5. The van der Waals surface area contributed by atoms with Crippen molar-refractivity contribution >= 4 is 19.4 Å². The maximum absolute atomic E-state index is 14.5. The number of hydrogen-bond donors (Lipinski definition) is 0. The summed E-state index contributed by atoms with van der Waals surface area (Å²) in [7, 11) is -1.70. The van der Waals surface area contributed by atoms with Gasteiger partial charge in [0.15, 0.2) is 23.9 Å². The largest absolute Gasteiger partial charge is 0.619 e. The van der Waals surface area contributed by atoms with Crippen molar-refractivity contribution in [1.29, 1.82) is 0 Å². The van der Waals surface area contributed by atoms with Gasteiger partial charge in [-0.3, -0.25) is 0 Å². The van der Waals surface area contributed by atoms with Gasteiger partial charge in [-0.25, -0.2) is 4.98 Å². The minimum Gasteiger partial charge on any atom is -0.619 e. The molecule has 1 fully saturated rings. The van der Waals surface area contributed by atoms with Gasteiger partial charge in [-0.05, 0) is 48.6 Å². The number of pyridine rings is 1. The van der Waals surface area contributed by atoms with Crippen molar-refractivity contribution in [3.63, 3.8) is 0 Å². The molecule has 1 aliphatic carbocycles. The fraction of sp³-hybridized carbons (Fsp3) is 0.517. The molecule has 0 radical (unpaired) electrons. The summed E-state index contributed by atoms with van der Waals surface area (Å²) in [5.41, 5.74) is -3.97. The third kappa shape index (κ3) is 8.86. The number of hydrogen-bond acceptors (Lipinski definition) is 7. The van der Waals surface area contributed by atoms with Crippen molar-refractivity contribution in [2.75, 3.05) is 13.4 Å². The lowest BCUT2D eigenvalue weighted by Crippen LogP contribution is -2.56. The summed E-state index contributed by atoms with van der Waals surface area (Å²) in [5.74, 6) is -1.28. The lowest BCUT2D eigenvalue weighted by Gasteiger charge is -2.35. The maximum Gasteiger partial charge on any atom is 0.433 e. The van der Waals surface area contributed by atoms with Gasteiger partial charge >= 0.3 is 24.6 Å². The van der Waals surface area contributed by atoms with Gasteiger partial charge in [-0.15, -0.1) is 11.3 Å². The second-order valence-electron chi connectivity index (χ2n) is 12.0. The molecule has 0 bridgehead atoms. The molecule has 0 spiro atoms. The highest BCUT2D eigenvalue weighted by Crippen LogP contribution is 2.54. The average molecular weight is 701 g/mol.